The first-order valence-corrected chi connectivity index (χ1v) is 6.53. The molecule has 0 saturated heterocycles. The van der Waals surface area contributed by atoms with Gasteiger partial charge in [-0.1, -0.05) is 6.92 Å². The zero-order valence-electron chi connectivity index (χ0n) is 12.5. The molecule has 0 aliphatic heterocycles. The normalized spacial score (nSPS) is 16.9. The van der Waals surface area contributed by atoms with Crippen LogP contribution in [0.2, 0.25) is 0 Å². The molecule has 0 aliphatic rings. The zero-order chi connectivity index (χ0) is 13.7. The smallest absolute Gasteiger partial charge is 0.0678 e. The second-order valence-corrected chi connectivity index (χ2v) is 5.92. The van der Waals surface area contributed by atoms with E-state index < -0.39 is 0 Å². The third-order valence-electron chi connectivity index (χ3n) is 3.65. The van der Waals surface area contributed by atoms with Crippen molar-refractivity contribution in [3.05, 3.63) is 0 Å². The Labute approximate surface area is 107 Å². The number of rotatable bonds is 8. The summed E-state index contributed by atoms with van der Waals surface area (Å²) in [6.07, 6.45) is 1.42. The van der Waals surface area contributed by atoms with E-state index in [1.54, 1.807) is 7.11 Å². The van der Waals surface area contributed by atoms with Gasteiger partial charge < -0.3 is 14.6 Å². The Morgan fingerprint density at radius 3 is 2.06 bits per heavy atom. The largest absolute Gasteiger partial charge is 0.393 e. The number of methoxy groups -OCH3 is 1. The average molecular weight is 246 g/mol. The van der Waals surface area contributed by atoms with Crippen molar-refractivity contribution >= 4 is 0 Å². The zero-order valence-corrected chi connectivity index (χ0v) is 12.5. The molecule has 0 aromatic carbocycles. The number of ether oxygens (including phenoxy) is 2. The van der Waals surface area contributed by atoms with Gasteiger partial charge in [0.2, 0.25) is 0 Å². The molecule has 3 nitrogen and oxygen atoms in total. The average Bonchev–Trinajstić information content (AvgIpc) is 2.16. The summed E-state index contributed by atoms with van der Waals surface area (Å²) < 4.78 is 11.3. The third-order valence-corrected chi connectivity index (χ3v) is 3.65. The van der Waals surface area contributed by atoms with E-state index in [1.807, 2.05) is 20.8 Å². The van der Waals surface area contributed by atoms with Gasteiger partial charge in [0, 0.05) is 13.0 Å². The number of hydrogen-bond acceptors (Lipinski definition) is 3. The predicted octanol–water partition coefficient (Wildman–Crippen LogP) is 3.00. The van der Waals surface area contributed by atoms with Crippen molar-refractivity contribution in [2.45, 2.75) is 71.7 Å². The Bertz CT molecular complexity index is 210. The molecule has 0 aromatic rings. The molecule has 0 aliphatic carbocycles. The monoisotopic (exact) mass is 246 g/mol. The van der Waals surface area contributed by atoms with Crippen LogP contribution in [0.15, 0.2) is 0 Å². The lowest BCUT2D eigenvalue weighted by molar-refractivity contribution is -0.109. The maximum atomic E-state index is 9.75. The summed E-state index contributed by atoms with van der Waals surface area (Å²) in [5.41, 5.74) is -0.449. The third kappa shape index (κ3) is 5.84. The van der Waals surface area contributed by atoms with Crippen molar-refractivity contribution in [2.24, 2.45) is 5.92 Å². The van der Waals surface area contributed by atoms with Crippen LogP contribution in [-0.4, -0.2) is 36.1 Å². The summed E-state index contributed by atoms with van der Waals surface area (Å²) >= 11 is 0. The molecule has 2 unspecified atom stereocenters. The molecular weight excluding hydrogens is 216 g/mol. The van der Waals surface area contributed by atoms with Crippen LogP contribution in [0.5, 0.6) is 0 Å². The molecular formula is C14H30O3. The first-order chi connectivity index (χ1) is 7.66. The molecule has 0 heterocycles. The van der Waals surface area contributed by atoms with Crippen molar-refractivity contribution in [1.29, 1.82) is 0 Å². The minimum Gasteiger partial charge on any atom is -0.393 e. The van der Waals surface area contributed by atoms with Crippen LogP contribution >= 0.6 is 0 Å². The highest BCUT2D eigenvalue weighted by atomic mass is 16.5. The standard InChI is InChI=1S/C14H30O3/c1-8-12(11(2)15)14(5,6)17-10-9-13(3,4)16-7/h11-12,15H,8-10H2,1-7H3. The Balaban J connectivity index is 4.26. The molecule has 1 N–H and O–H groups in total. The summed E-state index contributed by atoms with van der Waals surface area (Å²) in [5, 5.41) is 9.75. The lowest BCUT2D eigenvalue weighted by atomic mass is 9.84. The second-order valence-electron chi connectivity index (χ2n) is 5.92. The van der Waals surface area contributed by atoms with Gasteiger partial charge in [-0.2, -0.15) is 0 Å². The van der Waals surface area contributed by atoms with Crippen molar-refractivity contribution < 1.29 is 14.6 Å². The molecule has 0 fully saturated rings. The van der Waals surface area contributed by atoms with E-state index in [4.69, 9.17) is 9.47 Å². The highest BCUT2D eigenvalue weighted by Gasteiger charge is 2.32. The van der Waals surface area contributed by atoms with Crippen LogP contribution in [0.1, 0.15) is 54.4 Å². The van der Waals surface area contributed by atoms with Gasteiger partial charge in [0.25, 0.3) is 0 Å². The quantitative estimate of drug-likeness (QED) is 0.715. The fourth-order valence-corrected chi connectivity index (χ4v) is 2.18. The summed E-state index contributed by atoms with van der Waals surface area (Å²) in [6, 6.07) is 0. The van der Waals surface area contributed by atoms with E-state index in [0.717, 1.165) is 12.8 Å². The number of hydrogen-bond donors (Lipinski definition) is 1. The highest BCUT2D eigenvalue weighted by Crippen LogP contribution is 2.28. The van der Waals surface area contributed by atoms with Gasteiger partial charge in [0.15, 0.2) is 0 Å². The number of aliphatic hydroxyl groups excluding tert-OH is 1. The maximum Gasteiger partial charge on any atom is 0.0678 e. The second kappa shape index (κ2) is 6.72. The molecule has 0 amide bonds. The van der Waals surface area contributed by atoms with Gasteiger partial charge in [0.05, 0.1) is 23.9 Å². The van der Waals surface area contributed by atoms with E-state index in [1.165, 1.54) is 0 Å². The molecule has 0 rings (SSSR count). The minimum atomic E-state index is -0.342. The summed E-state index contributed by atoms with van der Waals surface area (Å²) in [4.78, 5) is 0. The topological polar surface area (TPSA) is 38.7 Å². The van der Waals surface area contributed by atoms with Gasteiger partial charge in [-0.25, -0.2) is 0 Å². The first kappa shape index (κ1) is 16.9. The van der Waals surface area contributed by atoms with E-state index in [9.17, 15) is 5.11 Å². The van der Waals surface area contributed by atoms with Crippen molar-refractivity contribution in [3.8, 4) is 0 Å². The fourth-order valence-electron chi connectivity index (χ4n) is 2.18. The molecule has 104 valence electrons. The van der Waals surface area contributed by atoms with E-state index >= 15 is 0 Å². The molecule has 0 aromatic heterocycles. The molecule has 0 bridgehead atoms. The van der Waals surface area contributed by atoms with Gasteiger partial charge >= 0.3 is 0 Å². The van der Waals surface area contributed by atoms with Crippen molar-refractivity contribution in [3.63, 3.8) is 0 Å². The van der Waals surface area contributed by atoms with E-state index in [0.29, 0.717) is 6.61 Å². The Morgan fingerprint density at radius 2 is 1.71 bits per heavy atom. The molecule has 0 saturated carbocycles. The molecule has 0 radical (unpaired) electrons. The van der Waals surface area contributed by atoms with Gasteiger partial charge in [-0.3, -0.25) is 0 Å². The summed E-state index contributed by atoms with van der Waals surface area (Å²) in [5.74, 6) is 0.160. The van der Waals surface area contributed by atoms with Crippen LogP contribution in [0.25, 0.3) is 0 Å². The van der Waals surface area contributed by atoms with Crippen LogP contribution < -0.4 is 0 Å². The van der Waals surface area contributed by atoms with Gasteiger partial charge in [-0.15, -0.1) is 0 Å². The van der Waals surface area contributed by atoms with Gasteiger partial charge in [-0.05, 0) is 47.5 Å². The SMILES string of the molecule is CCC(C(C)O)C(C)(C)OCCC(C)(C)OC. The Hall–Kier alpha value is -0.120. The van der Waals surface area contributed by atoms with E-state index in [2.05, 4.69) is 20.8 Å². The fraction of sp³-hybridized carbons (Fsp3) is 1.00. The maximum absolute atomic E-state index is 9.75. The van der Waals surface area contributed by atoms with Crippen LogP contribution in [-0.2, 0) is 9.47 Å². The lowest BCUT2D eigenvalue weighted by Gasteiger charge is -2.36. The van der Waals surface area contributed by atoms with E-state index in [-0.39, 0.29) is 23.2 Å². The summed E-state index contributed by atoms with van der Waals surface area (Å²) in [6.45, 7) is 12.8. The molecule has 2 atom stereocenters. The highest BCUT2D eigenvalue weighted by molar-refractivity contribution is 4.82. The first-order valence-electron chi connectivity index (χ1n) is 6.53. The van der Waals surface area contributed by atoms with Crippen LogP contribution in [0, 0.1) is 5.92 Å². The minimum absolute atomic E-state index is 0.150. The van der Waals surface area contributed by atoms with Crippen molar-refractivity contribution in [2.75, 3.05) is 13.7 Å². The number of aliphatic hydroxyl groups is 1. The Morgan fingerprint density at radius 1 is 1.18 bits per heavy atom. The predicted molar refractivity (Wildman–Crippen MR) is 71.2 cm³/mol. The lowest BCUT2D eigenvalue weighted by Crippen LogP contribution is -2.41. The summed E-state index contributed by atoms with van der Waals surface area (Å²) in [7, 11) is 1.72. The molecule has 17 heavy (non-hydrogen) atoms. The van der Waals surface area contributed by atoms with Gasteiger partial charge in [0.1, 0.15) is 0 Å². The molecule has 3 heteroatoms. The van der Waals surface area contributed by atoms with Crippen LogP contribution in [0.3, 0.4) is 0 Å². The Kier molecular flexibility index (Phi) is 6.67. The molecule has 0 spiro atoms. The van der Waals surface area contributed by atoms with Crippen molar-refractivity contribution in [1.82, 2.24) is 0 Å². The van der Waals surface area contributed by atoms with Crippen LogP contribution in [0.4, 0.5) is 0 Å².